The van der Waals surface area contributed by atoms with Crippen LogP contribution in [0.4, 0.5) is 23.2 Å². The number of hydrogen-bond acceptors (Lipinski definition) is 5. The number of benzene rings is 2. The molecule has 2 aromatic carbocycles. The van der Waals surface area contributed by atoms with E-state index in [-0.39, 0.29) is 42.3 Å². The third-order valence-electron chi connectivity index (χ3n) is 7.42. The molecule has 36 heavy (non-hydrogen) atoms. The summed E-state index contributed by atoms with van der Waals surface area (Å²) < 4.78 is 59.6. The molecule has 4 rings (SSSR count). The molecule has 0 bridgehead atoms. The average molecular weight is 508 g/mol. The van der Waals surface area contributed by atoms with Crippen molar-refractivity contribution in [2.75, 3.05) is 51.3 Å². The van der Waals surface area contributed by atoms with Crippen LogP contribution in [-0.4, -0.2) is 68.2 Å². The van der Waals surface area contributed by atoms with Crippen molar-refractivity contribution >= 4 is 11.7 Å². The van der Waals surface area contributed by atoms with Crippen molar-refractivity contribution in [1.29, 1.82) is 0 Å². The normalized spacial score (nSPS) is 22.0. The number of nitrogens with zero attached hydrogens (tertiary/aromatic N) is 3. The number of halogens is 4. The number of para-hydroxylation sites is 1. The van der Waals surface area contributed by atoms with Crippen molar-refractivity contribution in [3.8, 4) is 0 Å². The number of hydrogen-bond donors (Lipinski definition) is 0. The van der Waals surface area contributed by atoms with E-state index >= 15 is 0 Å². The number of carbonyl (C=O) groups excluding carboxylic acids is 1. The van der Waals surface area contributed by atoms with Gasteiger partial charge in [-0.15, -0.1) is 0 Å². The van der Waals surface area contributed by atoms with Gasteiger partial charge in [0.1, 0.15) is 5.82 Å². The third-order valence-corrected chi connectivity index (χ3v) is 7.42. The van der Waals surface area contributed by atoms with Crippen molar-refractivity contribution in [1.82, 2.24) is 9.80 Å². The highest BCUT2D eigenvalue weighted by Crippen LogP contribution is 2.34. The molecule has 2 atom stereocenters. The van der Waals surface area contributed by atoms with Gasteiger partial charge >= 0.3 is 12.1 Å². The van der Waals surface area contributed by atoms with Crippen molar-refractivity contribution in [2.45, 2.75) is 38.0 Å². The summed E-state index contributed by atoms with van der Waals surface area (Å²) in [6.07, 6.45) is -2.70. The predicted molar refractivity (Wildman–Crippen MR) is 130 cm³/mol. The van der Waals surface area contributed by atoms with Gasteiger partial charge in [-0.25, -0.2) is 4.39 Å². The molecule has 0 N–H and O–H groups in total. The quantitative estimate of drug-likeness (QED) is 0.397. The zero-order valence-corrected chi connectivity index (χ0v) is 20.5. The van der Waals surface area contributed by atoms with Gasteiger partial charge in [0.15, 0.2) is 0 Å². The fourth-order valence-electron chi connectivity index (χ4n) is 5.59. The lowest BCUT2D eigenvalue weighted by atomic mass is 9.86. The Morgan fingerprint density at radius 1 is 1.00 bits per heavy atom. The first kappa shape index (κ1) is 26.4. The van der Waals surface area contributed by atoms with Gasteiger partial charge in [-0.05, 0) is 49.1 Å². The Balaban J connectivity index is 1.43. The molecular formula is C27H33F4N3O2. The monoisotopic (exact) mass is 507 g/mol. The Hall–Kier alpha value is -2.65. The Morgan fingerprint density at radius 2 is 1.69 bits per heavy atom. The average Bonchev–Trinajstić information content (AvgIpc) is 2.87. The third kappa shape index (κ3) is 6.37. The largest absolute Gasteiger partial charge is 0.469 e. The zero-order valence-electron chi connectivity index (χ0n) is 20.5. The van der Waals surface area contributed by atoms with E-state index in [2.05, 4.69) is 14.7 Å². The summed E-state index contributed by atoms with van der Waals surface area (Å²) in [6, 6.07) is 12.7. The second kappa shape index (κ2) is 11.6. The van der Waals surface area contributed by atoms with Crippen molar-refractivity contribution in [3.05, 3.63) is 65.5 Å². The van der Waals surface area contributed by atoms with Gasteiger partial charge in [0.05, 0.1) is 18.4 Å². The minimum Gasteiger partial charge on any atom is -0.469 e. The van der Waals surface area contributed by atoms with Crippen LogP contribution in [0.2, 0.25) is 0 Å². The fraction of sp³-hybridized carbons (Fsp3) is 0.519. The van der Waals surface area contributed by atoms with Gasteiger partial charge in [0.2, 0.25) is 0 Å². The second-order valence-electron chi connectivity index (χ2n) is 9.60. The topological polar surface area (TPSA) is 36.0 Å². The number of likely N-dealkylation sites (tertiary alicyclic amines) is 1. The van der Waals surface area contributed by atoms with Crippen LogP contribution in [0.15, 0.2) is 48.5 Å². The molecule has 0 saturated carbocycles. The van der Waals surface area contributed by atoms with Gasteiger partial charge in [-0.2, -0.15) is 13.2 Å². The molecule has 196 valence electrons. The summed E-state index contributed by atoms with van der Waals surface area (Å²) in [6.45, 7) is 4.45. The summed E-state index contributed by atoms with van der Waals surface area (Å²) in [5.74, 6) is -0.386. The molecule has 0 radical (unpaired) electrons. The van der Waals surface area contributed by atoms with Crippen molar-refractivity contribution < 1.29 is 27.1 Å². The molecule has 2 heterocycles. The number of ether oxygens (including phenoxy) is 1. The molecule has 0 aromatic heterocycles. The zero-order chi connectivity index (χ0) is 25.7. The van der Waals surface area contributed by atoms with Crippen LogP contribution in [0, 0.1) is 11.7 Å². The van der Waals surface area contributed by atoms with Crippen LogP contribution in [0.3, 0.4) is 0 Å². The summed E-state index contributed by atoms with van der Waals surface area (Å²) in [5.41, 5.74) is 0.286. The fourth-order valence-corrected chi connectivity index (χ4v) is 5.59. The van der Waals surface area contributed by atoms with Crippen LogP contribution in [0.5, 0.6) is 0 Å². The molecule has 2 saturated heterocycles. The maximum absolute atomic E-state index is 14.2. The summed E-state index contributed by atoms with van der Waals surface area (Å²) in [7, 11) is 1.36. The summed E-state index contributed by atoms with van der Waals surface area (Å²) in [4.78, 5) is 18.4. The lowest BCUT2D eigenvalue weighted by Crippen LogP contribution is -2.56. The highest BCUT2D eigenvalue weighted by Gasteiger charge is 2.37. The number of esters is 1. The Bertz CT molecular complexity index is 1020. The van der Waals surface area contributed by atoms with Crippen molar-refractivity contribution in [2.24, 2.45) is 5.92 Å². The first-order valence-electron chi connectivity index (χ1n) is 12.4. The van der Waals surface area contributed by atoms with E-state index in [1.54, 1.807) is 24.3 Å². The molecule has 0 spiro atoms. The molecule has 0 unspecified atom stereocenters. The first-order valence-corrected chi connectivity index (χ1v) is 12.4. The van der Waals surface area contributed by atoms with Crippen LogP contribution in [-0.2, 0) is 22.3 Å². The number of alkyl halides is 3. The standard InChI is InChI=1S/C27H33F4N3O2/c1-36-26(35)11-10-21-19-32(18-20-6-2-3-7-22(20)27(29,30)31)13-12-24(21)33-14-16-34(17-15-33)25-9-5-4-8-23(25)28/h2-9,21,24H,10-19H2,1H3/t21-,24+/m1/s1. The Kier molecular flexibility index (Phi) is 8.51. The lowest BCUT2D eigenvalue weighted by Gasteiger charge is -2.47. The number of anilines is 1. The molecule has 5 nitrogen and oxygen atoms in total. The number of methoxy groups -OCH3 is 1. The first-order chi connectivity index (χ1) is 17.3. The van der Waals surface area contributed by atoms with E-state index in [1.165, 1.54) is 19.2 Å². The number of piperidine rings is 1. The molecule has 2 aromatic rings. The number of rotatable bonds is 7. The number of carbonyl (C=O) groups is 1. The molecule has 2 aliphatic rings. The molecular weight excluding hydrogens is 474 g/mol. The van der Waals surface area contributed by atoms with E-state index in [9.17, 15) is 22.4 Å². The smallest absolute Gasteiger partial charge is 0.416 e. The van der Waals surface area contributed by atoms with Crippen molar-refractivity contribution in [3.63, 3.8) is 0 Å². The van der Waals surface area contributed by atoms with Crippen LogP contribution >= 0.6 is 0 Å². The van der Waals surface area contributed by atoms with Gasteiger partial charge < -0.3 is 9.64 Å². The maximum atomic E-state index is 14.2. The van der Waals surface area contributed by atoms with Crippen LogP contribution in [0.1, 0.15) is 30.4 Å². The van der Waals surface area contributed by atoms with Gasteiger partial charge in [-0.3, -0.25) is 14.6 Å². The molecule has 2 fully saturated rings. The summed E-state index contributed by atoms with van der Waals surface area (Å²) >= 11 is 0. The molecule has 0 amide bonds. The highest BCUT2D eigenvalue weighted by molar-refractivity contribution is 5.69. The molecule has 9 heteroatoms. The minimum atomic E-state index is -4.39. The predicted octanol–water partition coefficient (Wildman–Crippen LogP) is 4.81. The lowest BCUT2D eigenvalue weighted by molar-refractivity contribution is -0.141. The van der Waals surface area contributed by atoms with Gasteiger partial charge in [-0.1, -0.05) is 30.3 Å². The molecule has 2 aliphatic heterocycles. The number of piperazine rings is 1. The van der Waals surface area contributed by atoms with E-state index in [0.29, 0.717) is 38.3 Å². The maximum Gasteiger partial charge on any atom is 0.416 e. The SMILES string of the molecule is COC(=O)CC[C@@H]1CN(Cc2ccccc2C(F)(F)F)CC[C@@H]1N1CCN(c2ccccc2F)CC1. The Morgan fingerprint density at radius 3 is 2.39 bits per heavy atom. The molecule has 0 aliphatic carbocycles. The minimum absolute atomic E-state index is 0.121. The van der Waals surface area contributed by atoms with E-state index in [4.69, 9.17) is 4.74 Å². The van der Waals surface area contributed by atoms with Gasteiger partial charge in [0.25, 0.3) is 0 Å². The summed E-state index contributed by atoms with van der Waals surface area (Å²) in [5, 5.41) is 0. The van der Waals surface area contributed by atoms with Crippen LogP contribution < -0.4 is 4.90 Å². The highest BCUT2D eigenvalue weighted by atomic mass is 19.4. The second-order valence-corrected chi connectivity index (χ2v) is 9.60. The Labute approximate surface area is 209 Å². The van der Waals surface area contributed by atoms with E-state index in [0.717, 1.165) is 25.6 Å². The van der Waals surface area contributed by atoms with E-state index in [1.807, 2.05) is 6.07 Å². The van der Waals surface area contributed by atoms with Crippen LogP contribution in [0.25, 0.3) is 0 Å². The van der Waals surface area contributed by atoms with Gasteiger partial charge in [0, 0.05) is 51.7 Å². The van der Waals surface area contributed by atoms with E-state index < -0.39 is 11.7 Å².